The molecule has 0 amide bonds. The Morgan fingerprint density at radius 3 is 2.24 bits per heavy atom. The van der Waals surface area contributed by atoms with Crippen molar-refractivity contribution in [1.29, 1.82) is 0 Å². The molecule has 0 saturated heterocycles. The van der Waals surface area contributed by atoms with Crippen LogP contribution in [0.4, 0.5) is 11.6 Å². The van der Waals surface area contributed by atoms with E-state index in [4.69, 9.17) is 0 Å². The monoisotopic (exact) mass is 292 g/mol. The van der Waals surface area contributed by atoms with Gasteiger partial charge in [0, 0.05) is 18.7 Å². The molecule has 0 aliphatic heterocycles. The molecule has 0 bridgehead atoms. The molecule has 1 fully saturated rings. The van der Waals surface area contributed by atoms with Crippen LogP contribution in [0.5, 0.6) is 0 Å². The fourth-order valence-electron chi connectivity index (χ4n) is 3.03. The summed E-state index contributed by atoms with van der Waals surface area (Å²) in [6.07, 6.45) is 8.91. The van der Waals surface area contributed by atoms with Crippen molar-refractivity contribution in [3.8, 4) is 0 Å². The molecule has 3 N–H and O–H groups in total. The van der Waals surface area contributed by atoms with Crippen LogP contribution in [-0.2, 0) is 6.42 Å². The van der Waals surface area contributed by atoms with Crippen LogP contribution in [0.15, 0.2) is 6.33 Å². The number of rotatable bonds is 6. The Balaban J connectivity index is 2.06. The molecule has 1 aromatic heterocycles. The van der Waals surface area contributed by atoms with E-state index in [1.165, 1.54) is 12.8 Å². The number of hydrogen-bond acceptors (Lipinski definition) is 5. The van der Waals surface area contributed by atoms with Crippen LogP contribution in [0.1, 0.15) is 57.9 Å². The van der Waals surface area contributed by atoms with Crippen molar-refractivity contribution in [1.82, 2.24) is 9.97 Å². The van der Waals surface area contributed by atoms with Gasteiger partial charge < -0.3 is 15.7 Å². The van der Waals surface area contributed by atoms with Crippen molar-refractivity contribution < 1.29 is 5.11 Å². The molecule has 0 radical (unpaired) electrons. The highest BCUT2D eigenvalue weighted by atomic mass is 16.3. The van der Waals surface area contributed by atoms with Crippen molar-refractivity contribution in [2.75, 3.05) is 23.7 Å². The van der Waals surface area contributed by atoms with Gasteiger partial charge in [0.05, 0.1) is 5.60 Å². The van der Waals surface area contributed by atoms with E-state index < -0.39 is 5.60 Å². The minimum absolute atomic E-state index is 0.572. The topological polar surface area (TPSA) is 70.1 Å². The summed E-state index contributed by atoms with van der Waals surface area (Å²) in [5, 5.41) is 17.4. The zero-order valence-electron chi connectivity index (χ0n) is 13.3. The summed E-state index contributed by atoms with van der Waals surface area (Å²) in [7, 11) is 0. The second-order valence-electron chi connectivity index (χ2n) is 5.93. The van der Waals surface area contributed by atoms with Gasteiger partial charge in [-0.2, -0.15) is 0 Å². The van der Waals surface area contributed by atoms with E-state index >= 15 is 0 Å². The lowest BCUT2D eigenvalue weighted by atomic mass is 9.94. The predicted octanol–water partition coefficient (Wildman–Crippen LogP) is 2.97. The first-order chi connectivity index (χ1) is 10.2. The molecule has 1 aliphatic carbocycles. The van der Waals surface area contributed by atoms with Gasteiger partial charge in [-0.1, -0.05) is 32.6 Å². The molecule has 5 nitrogen and oxygen atoms in total. The molecular weight excluding hydrogens is 264 g/mol. The van der Waals surface area contributed by atoms with E-state index in [0.717, 1.165) is 55.8 Å². The summed E-state index contributed by atoms with van der Waals surface area (Å²) in [5.41, 5.74) is 0.502. The van der Waals surface area contributed by atoms with Crippen molar-refractivity contribution >= 4 is 11.6 Å². The summed E-state index contributed by atoms with van der Waals surface area (Å²) in [6, 6.07) is 0. The van der Waals surface area contributed by atoms with Crippen LogP contribution in [0, 0.1) is 0 Å². The smallest absolute Gasteiger partial charge is 0.134 e. The Morgan fingerprint density at radius 2 is 1.67 bits per heavy atom. The third-order valence-corrected chi connectivity index (χ3v) is 4.26. The maximum absolute atomic E-state index is 10.7. The highest BCUT2D eigenvalue weighted by molar-refractivity contribution is 5.57. The van der Waals surface area contributed by atoms with Gasteiger partial charge in [0.15, 0.2) is 0 Å². The third-order valence-electron chi connectivity index (χ3n) is 4.26. The SMILES string of the molecule is CCNc1ncnc(NCC2(O)CCCCCC2)c1CC. The first kappa shape index (κ1) is 16.0. The molecule has 0 aromatic carbocycles. The van der Waals surface area contributed by atoms with Crippen LogP contribution < -0.4 is 10.6 Å². The highest BCUT2D eigenvalue weighted by Crippen LogP contribution is 2.28. The van der Waals surface area contributed by atoms with E-state index in [2.05, 4.69) is 34.4 Å². The van der Waals surface area contributed by atoms with E-state index in [-0.39, 0.29) is 0 Å². The molecular formula is C16H28N4O. The number of aliphatic hydroxyl groups is 1. The van der Waals surface area contributed by atoms with Gasteiger partial charge in [0.1, 0.15) is 18.0 Å². The molecule has 118 valence electrons. The van der Waals surface area contributed by atoms with Gasteiger partial charge in [0.25, 0.3) is 0 Å². The maximum Gasteiger partial charge on any atom is 0.134 e. The minimum atomic E-state index is -0.592. The van der Waals surface area contributed by atoms with Crippen molar-refractivity contribution in [2.24, 2.45) is 0 Å². The third kappa shape index (κ3) is 4.30. The van der Waals surface area contributed by atoms with Crippen LogP contribution >= 0.6 is 0 Å². The lowest BCUT2D eigenvalue weighted by Crippen LogP contribution is -2.36. The van der Waals surface area contributed by atoms with Crippen molar-refractivity contribution in [3.05, 3.63) is 11.9 Å². The first-order valence-corrected chi connectivity index (χ1v) is 8.22. The summed E-state index contributed by atoms with van der Waals surface area (Å²) < 4.78 is 0. The normalized spacial score (nSPS) is 18.0. The molecule has 1 saturated carbocycles. The highest BCUT2D eigenvalue weighted by Gasteiger charge is 2.28. The molecule has 2 rings (SSSR count). The van der Waals surface area contributed by atoms with Crippen molar-refractivity contribution in [2.45, 2.75) is 64.4 Å². The van der Waals surface area contributed by atoms with Gasteiger partial charge in [-0.3, -0.25) is 0 Å². The molecule has 1 aromatic rings. The Morgan fingerprint density at radius 1 is 1.05 bits per heavy atom. The van der Waals surface area contributed by atoms with Crippen molar-refractivity contribution in [3.63, 3.8) is 0 Å². The van der Waals surface area contributed by atoms with Gasteiger partial charge in [0.2, 0.25) is 0 Å². The van der Waals surface area contributed by atoms with E-state index in [1.54, 1.807) is 6.33 Å². The molecule has 21 heavy (non-hydrogen) atoms. The summed E-state index contributed by atoms with van der Waals surface area (Å²) in [4.78, 5) is 8.66. The van der Waals surface area contributed by atoms with Crippen LogP contribution in [0.25, 0.3) is 0 Å². The number of nitrogens with one attached hydrogen (secondary N) is 2. The number of hydrogen-bond donors (Lipinski definition) is 3. The van der Waals surface area contributed by atoms with E-state index in [1.807, 2.05) is 0 Å². The molecule has 1 aliphatic rings. The summed E-state index contributed by atoms with van der Waals surface area (Å²) >= 11 is 0. The Labute approximate surface area is 127 Å². The lowest BCUT2D eigenvalue weighted by molar-refractivity contribution is 0.0380. The quantitative estimate of drug-likeness (QED) is 0.703. The Bertz CT molecular complexity index is 442. The van der Waals surface area contributed by atoms with Gasteiger partial charge >= 0.3 is 0 Å². The Hall–Kier alpha value is -1.36. The molecule has 1 heterocycles. The fraction of sp³-hybridized carbons (Fsp3) is 0.750. The molecule has 0 atom stereocenters. The first-order valence-electron chi connectivity index (χ1n) is 8.22. The average Bonchev–Trinajstić information content (AvgIpc) is 2.71. The molecule has 5 heteroatoms. The Kier molecular flexibility index (Phi) is 5.79. The minimum Gasteiger partial charge on any atom is -0.388 e. The molecule has 0 spiro atoms. The number of nitrogens with zero attached hydrogens (tertiary/aromatic N) is 2. The van der Waals surface area contributed by atoms with Crippen LogP contribution in [0.2, 0.25) is 0 Å². The second-order valence-corrected chi connectivity index (χ2v) is 5.93. The van der Waals surface area contributed by atoms with Crippen LogP contribution in [-0.4, -0.2) is 33.8 Å². The maximum atomic E-state index is 10.7. The van der Waals surface area contributed by atoms with E-state index in [9.17, 15) is 5.11 Å². The zero-order chi connectivity index (χ0) is 15.1. The fourth-order valence-corrected chi connectivity index (χ4v) is 3.03. The average molecular weight is 292 g/mol. The lowest BCUT2D eigenvalue weighted by Gasteiger charge is -2.27. The van der Waals surface area contributed by atoms with Gasteiger partial charge in [-0.05, 0) is 26.2 Å². The summed E-state index contributed by atoms with van der Waals surface area (Å²) in [6.45, 7) is 5.57. The standard InChI is InChI=1S/C16H28N4O/c1-3-13-14(17-4-2)19-12-20-15(13)18-11-16(21)9-7-5-6-8-10-16/h12,21H,3-11H2,1-2H3,(H2,17,18,19,20). The van der Waals surface area contributed by atoms with Crippen LogP contribution in [0.3, 0.4) is 0 Å². The number of anilines is 2. The largest absolute Gasteiger partial charge is 0.388 e. The zero-order valence-corrected chi connectivity index (χ0v) is 13.3. The van der Waals surface area contributed by atoms with E-state index in [0.29, 0.717) is 6.54 Å². The number of aromatic nitrogens is 2. The summed E-state index contributed by atoms with van der Waals surface area (Å²) in [5.74, 6) is 1.74. The second kappa shape index (κ2) is 7.59. The molecule has 0 unspecified atom stereocenters. The van der Waals surface area contributed by atoms with Gasteiger partial charge in [-0.25, -0.2) is 9.97 Å². The predicted molar refractivity (Wildman–Crippen MR) is 86.7 cm³/mol. The van der Waals surface area contributed by atoms with Gasteiger partial charge in [-0.15, -0.1) is 0 Å².